The molecule has 1 aromatic carbocycles. The minimum absolute atomic E-state index is 0.253. The second-order valence-electron chi connectivity index (χ2n) is 6.92. The molecule has 0 aliphatic carbocycles. The Labute approximate surface area is 182 Å². The average Bonchev–Trinajstić information content (AvgIpc) is 3.30. The fourth-order valence-corrected chi connectivity index (χ4v) is 3.56. The number of halogens is 1. The summed E-state index contributed by atoms with van der Waals surface area (Å²) in [5.74, 6) is 0.586. The van der Waals surface area contributed by atoms with E-state index in [0.717, 1.165) is 30.4 Å². The summed E-state index contributed by atoms with van der Waals surface area (Å²) < 4.78 is 0.828. The SMILES string of the molecule is O=C(Nc1ccc(Br)cn1)c1cccc(NC(=O)c2cccnc2N2CCCC2)c1. The van der Waals surface area contributed by atoms with Crippen LogP contribution in [0.2, 0.25) is 0 Å². The van der Waals surface area contributed by atoms with Gasteiger partial charge in [0.25, 0.3) is 11.8 Å². The molecule has 0 unspecified atom stereocenters. The molecule has 2 amide bonds. The van der Waals surface area contributed by atoms with Crippen molar-refractivity contribution in [2.75, 3.05) is 28.6 Å². The molecule has 4 rings (SSSR count). The zero-order valence-corrected chi connectivity index (χ0v) is 17.7. The van der Waals surface area contributed by atoms with Crippen molar-refractivity contribution in [3.63, 3.8) is 0 Å². The molecule has 0 spiro atoms. The molecule has 0 atom stereocenters. The van der Waals surface area contributed by atoms with Crippen LogP contribution in [0.3, 0.4) is 0 Å². The van der Waals surface area contributed by atoms with E-state index in [4.69, 9.17) is 0 Å². The Morgan fingerprint density at radius 2 is 1.77 bits per heavy atom. The number of anilines is 3. The van der Waals surface area contributed by atoms with Crippen LogP contribution < -0.4 is 15.5 Å². The molecule has 0 radical (unpaired) electrons. The highest BCUT2D eigenvalue weighted by molar-refractivity contribution is 9.10. The summed E-state index contributed by atoms with van der Waals surface area (Å²) in [6.07, 6.45) is 5.51. The number of amides is 2. The lowest BCUT2D eigenvalue weighted by Gasteiger charge is -2.19. The van der Waals surface area contributed by atoms with Crippen LogP contribution >= 0.6 is 15.9 Å². The first-order chi connectivity index (χ1) is 14.6. The minimum atomic E-state index is -0.306. The normalized spacial score (nSPS) is 13.2. The number of benzene rings is 1. The summed E-state index contributed by atoms with van der Waals surface area (Å²) in [4.78, 5) is 36.1. The standard InChI is InChI=1S/C22H20BrN5O2/c23-16-8-9-19(25-14-16)27-21(29)15-5-3-6-17(13-15)26-22(30)18-7-4-10-24-20(18)28-11-1-2-12-28/h3-10,13-14H,1-2,11-12H2,(H,26,30)(H,25,27,29). The molecule has 152 valence electrons. The van der Waals surface area contributed by atoms with Gasteiger partial charge in [-0.1, -0.05) is 6.07 Å². The molecule has 3 heterocycles. The summed E-state index contributed by atoms with van der Waals surface area (Å²) >= 11 is 3.31. The van der Waals surface area contributed by atoms with Crippen LogP contribution in [0.25, 0.3) is 0 Å². The van der Waals surface area contributed by atoms with E-state index < -0.39 is 0 Å². The number of aromatic nitrogens is 2. The van der Waals surface area contributed by atoms with E-state index >= 15 is 0 Å². The smallest absolute Gasteiger partial charge is 0.259 e. The Morgan fingerprint density at radius 1 is 0.933 bits per heavy atom. The van der Waals surface area contributed by atoms with Gasteiger partial charge in [-0.2, -0.15) is 0 Å². The van der Waals surface area contributed by atoms with Gasteiger partial charge in [-0.15, -0.1) is 0 Å². The molecule has 1 aliphatic rings. The Bertz CT molecular complexity index is 1070. The quantitative estimate of drug-likeness (QED) is 0.584. The van der Waals surface area contributed by atoms with Gasteiger partial charge in [0, 0.05) is 41.2 Å². The van der Waals surface area contributed by atoms with Crippen molar-refractivity contribution in [3.05, 3.63) is 76.5 Å². The van der Waals surface area contributed by atoms with E-state index in [1.54, 1.807) is 60.9 Å². The van der Waals surface area contributed by atoms with Gasteiger partial charge in [0.15, 0.2) is 0 Å². The number of carbonyl (C=O) groups is 2. The first-order valence-electron chi connectivity index (χ1n) is 9.64. The molecule has 7 nitrogen and oxygen atoms in total. The van der Waals surface area contributed by atoms with Crippen molar-refractivity contribution >= 4 is 45.1 Å². The molecule has 1 fully saturated rings. The lowest BCUT2D eigenvalue weighted by molar-refractivity contribution is 0.101. The predicted octanol–water partition coefficient (Wildman–Crippen LogP) is 4.34. The highest BCUT2D eigenvalue weighted by Gasteiger charge is 2.20. The van der Waals surface area contributed by atoms with Crippen LogP contribution in [0.5, 0.6) is 0 Å². The summed E-state index contributed by atoms with van der Waals surface area (Å²) in [5.41, 5.74) is 1.48. The van der Waals surface area contributed by atoms with Crippen LogP contribution in [-0.2, 0) is 0 Å². The zero-order chi connectivity index (χ0) is 20.9. The summed E-state index contributed by atoms with van der Waals surface area (Å²) in [7, 11) is 0. The third-order valence-corrected chi connectivity index (χ3v) is 5.26. The Kier molecular flexibility index (Phi) is 6.04. The van der Waals surface area contributed by atoms with Gasteiger partial charge in [-0.3, -0.25) is 9.59 Å². The molecular weight excluding hydrogens is 446 g/mol. The maximum absolute atomic E-state index is 12.9. The molecule has 30 heavy (non-hydrogen) atoms. The Hall–Kier alpha value is -3.26. The first-order valence-corrected chi connectivity index (χ1v) is 10.4. The van der Waals surface area contributed by atoms with E-state index in [-0.39, 0.29) is 11.8 Å². The molecule has 2 aromatic heterocycles. The number of rotatable bonds is 5. The van der Waals surface area contributed by atoms with Gasteiger partial charge in [0.05, 0.1) is 5.56 Å². The lowest BCUT2D eigenvalue weighted by Crippen LogP contribution is -2.24. The predicted molar refractivity (Wildman–Crippen MR) is 120 cm³/mol. The van der Waals surface area contributed by atoms with E-state index in [2.05, 4.69) is 41.4 Å². The fourth-order valence-electron chi connectivity index (χ4n) is 3.33. The molecule has 8 heteroatoms. The maximum Gasteiger partial charge on any atom is 0.259 e. The van der Waals surface area contributed by atoms with Gasteiger partial charge in [-0.05, 0) is 71.2 Å². The summed E-state index contributed by atoms with van der Waals surface area (Å²) in [6.45, 7) is 1.80. The second-order valence-corrected chi connectivity index (χ2v) is 7.84. The van der Waals surface area contributed by atoms with Crippen molar-refractivity contribution in [1.29, 1.82) is 0 Å². The van der Waals surface area contributed by atoms with E-state index in [1.807, 2.05) is 0 Å². The van der Waals surface area contributed by atoms with Crippen molar-refractivity contribution in [1.82, 2.24) is 9.97 Å². The van der Waals surface area contributed by atoms with Gasteiger partial charge in [0.2, 0.25) is 0 Å². The zero-order valence-electron chi connectivity index (χ0n) is 16.1. The van der Waals surface area contributed by atoms with E-state index in [1.165, 1.54) is 0 Å². The van der Waals surface area contributed by atoms with Crippen LogP contribution in [0.4, 0.5) is 17.3 Å². The number of pyridine rings is 2. The second kappa shape index (κ2) is 9.04. The van der Waals surface area contributed by atoms with Gasteiger partial charge < -0.3 is 15.5 Å². The third kappa shape index (κ3) is 4.65. The Morgan fingerprint density at radius 3 is 2.53 bits per heavy atom. The molecule has 2 N–H and O–H groups in total. The van der Waals surface area contributed by atoms with Gasteiger partial charge in [-0.25, -0.2) is 9.97 Å². The fraction of sp³-hybridized carbons (Fsp3) is 0.182. The molecule has 0 bridgehead atoms. The number of nitrogens with zero attached hydrogens (tertiary/aromatic N) is 3. The van der Waals surface area contributed by atoms with Crippen LogP contribution in [0.1, 0.15) is 33.6 Å². The van der Waals surface area contributed by atoms with Crippen LogP contribution in [0, 0.1) is 0 Å². The molecular formula is C22H20BrN5O2. The maximum atomic E-state index is 12.9. The molecule has 1 aliphatic heterocycles. The number of hydrogen-bond donors (Lipinski definition) is 2. The summed E-state index contributed by atoms with van der Waals surface area (Å²) in [5, 5.41) is 5.62. The Balaban J connectivity index is 1.49. The number of nitrogens with one attached hydrogen (secondary N) is 2. The van der Waals surface area contributed by atoms with Crippen LogP contribution in [-0.4, -0.2) is 34.9 Å². The molecule has 3 aromatic rings. The number of hydrogen-bond acceptors (Lipinski definition) is 5. The highest BCUT2D eigenvalue weighted by atomic mass is 79.9. The van der Waals surface area contributed by atoms with Crippen molar-refractivity contribution in [2.24, 2.45) is 0 Å². The largest absolute Gasteiger partial charge is 0.356 e. The van der Waals surface area contributed by atoms with Crippen molar-refractivity contribution in [3.8, 4) is 0 Å². The third-order valence-electron chi connectivity index (χ3n) is 4.79. The van der Waals surface area contributed by atoms with E-state index in [0.29, 0.717) is 28.5 Å². The van der Waals surface area contributed by atoms with Crippen molar-refractivity contribution in [2.45, 2.75) is 12.8 Å². The van der Waals surface area contributed by atoms with Gasteiger partial charge >= 0.3 is 0 Å². The highest BCUT2D eigenvalue weighted by Crippen LogP contribution is 2.23. The first kappa shape index (κ1) is 20.0. The summed E-state index contributed by atoms with van der Waals surface area (Å²) in [6, 6.07) is 13.8. The average molecular weight is 466 g/mol. The van der Waals surface area contributed by atoms with Crippen molar-refractivity contribution < 1.29 is 9.59 Å². The van der Waals surface area contributed by atoms with E-state index in [9.17, 15) is 9.59 Å². The van der Waals surface area contributed by atoms with Crippen LogP contribution in [0.15, 0.2) is 65.4 Å². The number of carbonyl (C=O) groups excluding carboxylic acids is 2. The molecule has 0 saturated carbocycles. The minimum Gasteiger partial charge on any atom is -0.356 e. The lowest BCUT2D eigenvalue weighted by atomic mass is 10.1. The monoisotopic (exact) mass is 465 g/mol. The molecule has 1 saturated heterocycles. The van der Waals surface area contributed by atoms with Gasteiger partial charge in [0.1, 0.15) is 11.6 Å². The topological polar surface area (TPSA) is 87.2 Å².